The minimum Gasteiger partial charge on any atom is -0.492 e. The van der Waals surface area contributed by atoms with Gasteiger partial charge in [0.1, 0.15) is 12.4 Å². The number of halogens is 1. The largest absolute Gasteiger partial charge is 0.492 e. The first-order chi connectivity index (χ1) is 10.3. The number of rotatable bonds is 5. The molecule has 2 saturated heterocycles. The molecule has 3 nitrogen and oxygen atoms in total. The number of benzene rings is 1. The number of piperidine rings is 1. The zero-order valence-electron chi connectivity index (χ0n) is 12.6. The van der Waals surface area contributed by atoms with Crippen LogP contribution in [0.25, 0.3) is 0 Å². The van der Waals surface area contributed by atoms with Crippen molar-refractivity contribution in [1.82, 2.24) is 10.2 Å². The Balaban J connectivity index is 1.41. The maximum atomic E-state index is 5.88. The molecular weight excluding hydrogens is 284 g/mol. The fourth-order valence-corrected chi connectivity index (χ4v) is 3.69. The van der Waals surface area contributed by atoms with E-state index < -0.39 is 0 Å². The van der Waals surface area contributed by atoms with Crippen molar-refractivity contribution in [1.29, 1.82) is 0 Å². The highest BCUT2D eigenvalue weighted by atomic mass is 35.5. The van der Waals surface area contributed by atoms with Crippen molar-refractivity contribution in [3.63, 3.8) is 0 Å². The van der Waals surface area contributed by atoms with Crippen LogP contribution < -0.4 is 10.1 Å². The van der Waals surface area contributed by atoms with E-state index in [1.165, 1.54) is 45.3 Å². The van der Waals surface area contributed by atoms with Gasteiger partial charge in [-0.15, -0.1) is 0 Å². The third-order valence-corrected chi connectivity index (χ3v) is 4.95. The predicted molar refractivity (Wildman–Crippen MR) is 87.1 cm³/mol. The third kappa shape index (κ3) is 4.35. The lowest BCUT2D eigenvalue weighted by Crippen LogP contribution is -2.44. The summed E-state index contributed by atoms with van der Waals surface area (Å²) in [4.78, 5) is 2.56. The van der Waals surface area contributed by atoms with E-state index in [2.05, 4.69) is 10.2 Å². The molecular formula is C17H25ClN2O. The van der Waals surface area contributed by atoms with Gasteiger partial charge in [0.05, 0.1) is 0 Å². The van der Waals surface area contributed by atoms with Crippen LogP contribution in [-0.4, -0.2) is 43.7 Å². The van der Waals surface area contributed by atoms with Crippen LogP contribution in [-0.2, 0) is 0 Å². The molecule has 2 aliphatic heterocycles. The summed E-state index contributed by atoms with van der Waals surface area (Å²) in [5, 5.41) is 4.42. The first kappa shape index (κ1) is 15.1. The molecule has 116 valence electrons. The standard InChI is InChI=1S/C17H25ClN2O/c18-15-5-7-16(8-6-15)21-12-11-20-10-2-3-14(13-20)17-4-1-9-19-17/h5-8,14,17,19H,1-4,9-13H2. The average Bonchev–Trinajstić information content (AvgIpc) is 3.04. The van der Waals surface area contributed by atoms with Crippen LogP contribution in [0.15, 0.2) is 24.3 Å². The summed E-state index contributed by atoms with van der Waals surface area (Å²) >= 11 is 5.88. The Morgan fingerprint density at radius 2 is 2.05 bits per heavy atom. The number of hydrogen-bond acceptors (Lipinski definition) is 3. The summed E-state index contributed by atoms with van der Waals surface area (Å²) in [6, 6.07) is 8.37. The van der Waals surface area contributed by atoms with Gasteiger partial charge in [-0.05, 0) is 69.0 Å². The second-order valence-electron chi connectivity index (χ2n) is 6.21. The van der Waals surface area contributed by atoms with Crippen LogP contribution in [0.4, 0.5) is 0 Å². The molecule has 0 amide bonds. The number of hydrogen-bond donors (Lipinski definition) is 1. The summed E-state index contributed by atoms with van der Waals surface area (Å²) in [7, 11) is 0. The average molecular weight is 309 g/mol. The first-order valence-electron chi connectivity index (χ1n) is 8.15. The maximum absolute atomic E-state index is 5.88. The van der Waals surface area contributed by atoms with Gasteiger partial charge in [0.15, 0.2) is 0 Å². The van der Waals surface area contributed by atoms with Gasteiger partial charge < -0.3 is 10.1 Å². The summed E-state index contributed by atoms with van der Waals surface area (Å²) < 4.78 is 5.81. The Morgan fingerprint density at radius 3 is 2.81 bits per heavy atom. The van der Waals surface area contributed by atoms with Gasteiger partial charge in [-0.3, -0.25) is 4.90 Å². The number of nitrogens with one attached hydrogen (secondary N) is 1. The van der Waals surface area contributed by atoms with Crippen molar-refractivity contribution in [2.45, 2.75) is 31.7 Å². The van der Waals surface area contributed by atoms with Gasteiger partial charge in [0.2, 0.25) is 0 Å². The van der Waals surface area contributed by atoms with E-state index in [0.717, 1.165) is 35.9 Å². The first-order valence-corrected chi connectivity index (χ1v) is 8.53. The molecule has 2 atom stereocenters. The highest BCUT2D eigenvalue weighted by Crippen LogP contribution is 2.24. The van der Waals surface area contributed by atoms with Gasteiger partial charge in [-0.1, -0.05) is 11.6 Å². The van der Waals surface area contributed by atoms with Gasteiger partial charge in [0.25, 0.3) is 0 Å². The van der Waals surface area contributed by atoms with E-state index in [0.29, 0.717) is 0 Å². The molecule has 0 radical (unpaired) electrons. The summed E-state index contributed by atoms with van der Waals surface area (Å²) in [6.07, 6.45) is 5.41. The van der Waals surface area contributed by atoms with Crippen LogP contribution in [0.1, 0.15) is 25.7 Å². The Morgan fingerprint density at radius 1 is 1.19 bits per heavy atom. The van der Waals surface area contributed by atoms with Gasteiger partial charge in [0, 0.05) is 24.2 Å². The van der Waals surface area contributed by atoms with Crippen molar-refractivity contribution in [3.05, 3.63) is 29.3 Å². The molecule has 2 aliphatic rings. The Hall–Kier alpha value is -0.770. The summed E-state index contributed by atoms with van der Waals surface area (Å²) in [5.41, 5.74) is 0. The minimum absolute atomic E-state index is 0.755. The molecule has 4 heteroatoms. The van der Waals surface area contributed by atoms with E-state index in [1.807, 2.05) is 24.3 Å². The summed E-state index contributed by atoms with van der Waals surface area (Å²) in [5.74, 6) is 1.74. The van der Waals surface area contributed by atoms with Gasteiger partial charge >= 0.3 is 0 Å². The van der Waals surface area contributed by atoms with Crippen LogP contribution >= 0.6 is 11.6 Å². The Bertz CT molecular complexity index is 431. The van der Waals surface area contributed by atoms with Crippen molar-refractivity contribution in [2.75, 3.05) is 32.8 Å². The molecule has 1 aromatic carbocycles. The maximum Gasteiger partial charge on any atom is 0.119 e. The van der Waals surface area contributed by atoms with Crippen LogP contribution in [0.2, 0.25) is 5.02 Å². The monoisotopic (exact) mass is 308 g/mol. The zero-order valence-corrected chi connectivity index (χ0v) is 13.3. The van der Waals surface area contributed by atoms with Crippen molar-refractivity contribution >= 4 is 11.6 Å². The molecule has 2 heterocycles. The molecule has 0 aliphatic carbocycles. The van der Waals surface area contributed by atoms with Crippen LogP contribution in [0.3, 0.4) is 0 Å². The number of ether oxygens (including phenoxy) is 1. The quantitative estimate of drug-likeness (QED) is 0.904. The SMILES string of the molecule is Clc1ccc(OCCN2CCCC(C3CCCN3)C2)cc1. The van der Waals surface area contributed by atoms with E-state index in [9.17, 15) is 0 Å². The lowest BCUT2D eigenvalue weighted by atomic mass is 9.90. The predicted octanol–water partition coefficient (Wildman–Crippen LogP) is 3.18. The number of likely N-dealkylation sites (tertiary alicyclic amines) is 1. The molecule has 1 aromatic rings. The number of nitrogens with zero attached hydrogens (tertiary/aromatic N) is 1. The smallest absolute Gasteiger partial charge is 0.119 e. The summed E-state index contributed by atoms with van der Waals surface area (Å²) in [6.45, 7) is 5.42. The molecule has 0 aromatic heterocycles. The van der Waals surface area contributed by atoms with E-state index in [1.54, 1.807) is 0 Å². The van der Waals surface area contributed by atoms with E-state index in [4.69, 9.17) is 16.3 Å². The lowest BCUT2D eigenvalue weighted by molar-refractivity contribution is 0.130. The van der Waals surface area contributed by atoms with Crippen LogP contribution in [0, 0.1) is 5.92 Å². The van der Waals surface area contributed by atoms with Crippen molar-refractivity contribution in [3.8, 4) is 5.75 Å². The van der Waals surface area contributed by atoms with E-state index in [-0.39, 0.29) is 0 Å². The zero-order chi connectivity index (χ0) is 14.5. The molecule has 2 fully saturated rings. The Kier molecular flexibility index (Phi) is 5.39. The molecule has 0 spiro atoms. The lowest BCUT2D eigenvalue weighted by Gasteiger charge is -2.35. The fourth-order valence-electron chi connectivity index (χ4n) is 3.56. The fraction of sp³-hybridized carbons (Fsp3) is 0.647. The second kappa shape index (κ2) is 7.48. The molecule has 3 rings (SSSR count). The van der Waals surface area contributed by atoms with Crippen molar-refractivity contribution < 1.29 is 4.74 Å². The van der Waals surface area contributed by atoms with Crippen molar-refractivity contribution in [2.24, 2.45) is 5.92 Å². The topological polar surface area (TPSA) is 24.5 Å². The normalized spacial score (nSPS) is 26.9. The second-order valence-corrected chi connectivity index (χ2v) is 6.64. The molecule has 21 heavy (non-hydrogen) atoms. The Labute approximate surface area is 132 Å². The molecule has 1 N–H and O–H groups in total. The molecule has 0 bridgehead atoms. The highest BCUT2D eigenvalue weighted by Gasteiger charge is 2.28. The van der Waals surface area contributed by atoms with Gasteiger partial charge in [-0.2, -0.15) is 0 Å². The minimum atomic E-state index is 0.755. The van der Waals surface area contributed by atoms with Crippen LogP contribution in [0.5, 0.6) is 5.75 Å². The highest BCUT2D eigenvalue weighted by molar-refractivity contribution is 6.30. The van der Waals surface area contributed by atoms with Gasteiger partial charge in [-0.25, -0.2) is 0 Å². The van der Waals surface area contributed by atoms with E-state index >= 15 is 0 Å². The molecule has 0 saturated carbocycles. The molecule has 2 unspecified atom stereocenters. The third-order valence-electron chi connectivity index (χ3n) is 4.70.